The molecule has 0 aliphatic rings. The maximum absolute atomic E-state index is 5.90. The van der Waals surface area contributed by atoms with Gasteiger partial charge in [-0.05, 0) is 24.6 Å². The molecule has 1 N–H and O–H groups in total. The number of thiazole rings is 1. The van der Waals surface area contributed by atoms with Gasteiger partial charge < -0.3 is 10.2 Å². The zero-order valence-corrected chi connectivity index (χ0v) is 16.7. The number of aryl methyl sites for hydroxylation is 1. The van der Waals surface area contributed by atoms with Crippen molar-refractivity contribution in [1.82, 2.24) is 15.2 Å². The Balaban J connectivity index is 0.00000242. The average Bonchev–Trinajstić information content (AvgIpc) is 2.88. The molecule has 4 nitrogen and oxygen atoms in total. The molecule has 0 atom stereocenters. The number of hydrogen-bond acceptors (Lipinski definition) is 3. The zero-order chi connectivity index (χ0) is 15.2. The van der Waals surface area contributed by atoms with Crippen molar-refractivity contribution in [3.63, 3.8) is 0 Å². The van der Waals surface area contributed by atoms with E-state index in [-0.39, 0.29) is 24.0 Å². The highest BCUT2D eigenvalue weighted by Gasteiger charge is 2.07. The molecule has 120 valence electrons. The molecule has 1 heterocycles. The van der Waals surface area contributed by atoms with Crippen LogP contribution >= 0.6 is 46.9 Å². The van der Waals surface area contributed by atoms with Crippen LogP contribution in [0.3, 0.4) is 0 Å². The van der Waals surface area contributed by atoms with Crippen molar-refractivity contribution < 1.29 is 0 Å². The van der Waals surface area contributed by atoms with E-state index in [4.69, 9.17) is 11.6 Å². The highest BCUT2D eigenvalue weighted by molar-refractivity contribution is 14.0. The summed E-state index contributed by atoms with van der Waals surface area (Å²) in [7, 11) is 3.81. The summed E-state index contributed by atoms with van der Waals surface area (Å²) < 4.78 is 0. The summed E-state index contributed by atoms with van der Waals surface area (Å²) in [6.45, 7) is 3.53. The van der Waals surface area contributed by atoms with E-state index in [1.165, 1.54) is 10.4 Å². The zero-order valence-electron chi connectivity index (χ0n) is 12.8. The average molecular weight is 451 g/mol. The van der Waals surface area contributed by atoms with Gasteiger partial charge in [-0.3, -0.25) is 4.99 Å². The van der Waals surface area contributed by atoms with Gasteiger partial charge in [0.15, 0.2) is 5.96 Å². The van der Waals surface area contributed by atoms with Crippen LogP contribution in [-0.4, -0.2) is 29.9 Å². The highest BCUT2D eigenvalue weighted by atomic mass is 127. The molecule has 0 spiro atoms. The molecule has 2 aromatic rings. The van der Waals surface area contributed by atoms with Crippen molar-refractivity contribution >= 4 is 52.9 Å². The molecule has 2 rings (SSSR count). The number of guanidine groups is 1. The Kier molecular flexibility index (Phi) is 8.13. The Bertz CT molecular complexity index is 612. The summed E-state index contributed by atoms with van der Waals surface area (Å²) >= 11 is 7.60. The predicted octanol–water partition coefficient (Wildman–Crippen LogP) is 3.93. The van der Waals surface area contributed by atoms with E-state index in [9.17, 15) is 0 Å². The largest absolute Gasteiger partial charge is 0.351 e. The minimum absolute atomic E-state index is 0. The molecule has 0 saturated heterocycles. The maximum Gasteiger partial charge on any atom is 0.193 e. The summed E-state index contributed by atoms with van der Waals surface area (Å²) in [6.07, 6.45) is 1.90. The first-order valence-corrected chi connectivity index (χ1v) is 7.85. The third-order valence-electron chi connectivity index (χ3n) is 3.00. The number of hydrogen-bond donors (Lipinski definition) is 1. The molecule has 0 aliphatic heterocycles. The van der Waals surface area contributed by atoms with E-state index in [0.29, 0.717) is 0 Å². The van der Waals surface area contributed by atoms with Gasteiger partial charge in [0.1, 0.15) is 0 Å². The van der Waals surface area contributed by atoms with Gasteiger partial charge in [-0.25, -0.2) is 4.98 Å². The summed E-state index contributed by atoms with van der Waals surface area (Å²) in [4.78, 5) is 11.8. The van der Waals surface area contributed by atoms with E-state index >= 15 is 0 Å². The van der Waals surface area contributed by atoms with Gasteiger partial charge in [0, 0.05) is 36.7 Å². The van der Waals surface area contributed by atoms with Crippen molar-refractivity contribution in [3.8, 4) is 0 Å². The topological polar surface area (TPSA) is 40.5 Å². The lowest BCUT2D eigenvalue weighted by Crippen LogP contribution is -2.37. The van der Waals surface area contributed by atoms with Gasteiger partial charge in [0.25, 0.3) is 0 Å². The van der Waals surface area contributed by atoms with Gasteiger partial charge in [0.05, 0.1) is 11.6 Å². The van der Waals surface area contributed by atoms with Gasteiger partial charge in [-0.1, -0.05) is 23.7 Å². The highest BCUT2D eigenvalue weighted by Crippen LogP contribution is 2.12. The molecule has 0 fully saturated rings. The molecule has 0 amide bonds. The molecule has 7 heteroatoms. The molecule has 0 unspecified atom stereocenters. The minimum Gasteiger partial charge on any atom is -0.351 e. The van der Waals surface area contributed by atoms with Crippen LogP contribution in [0.2, 0.25) is 5.02 Å². The van der Waals surface area contributed by atoms with Crippen molar-refractivity contribution in [2.24, 2.45) is 4.99 Å². The van der Waals surface area contributed by atoms with E-state index in [1.54, 1.807) is 18.4 Å². The van der Waals surface area contributed by atoms with Crippen molar-refractivity contribution in [3.05, 3.63) is 50.9 Å². The van der Waals surface area contributed by atoms with E-state index in [2.05, 4.69) is 20.2 Å². The molecule has 22 heavy (non-hydrogen) atoms. The number of rotatable bonds is 4. The van der Waals surface area contributed by atoms with Crippen LogP contribution in [0.1, 0.15) is 15.4 Å². The second-order valence-corrected chi connectivity index (χ2v) is 6.48. The minimum atomic E-state index is 0. The van der Waals surface area contributed by atoms with Gasteiger partial charge in [-0.2, -0.15) is 0 Å². The molecule has 1 aromatic carbocycles. The smallest absolute Gasteiger partial charge is 0.193 e. The van der Waals surface area contributed by atoms with Crippen LogP contribution in [0.25, 0.3) is 0 Å². The van der Waals surface area contributed by atoms with Crippen LogP contribution < -0.4 is 5.32 Å². The van der Waals surface area contributed by atoms with Gasteiger partial charge in [-0.15, -0.1) is 35.3 Å². The lowest BCUT2D eigenvalue weighted by Gasteiger charge is -2.22. The number of aromatic nitrogens is 1. The Labute approximate surface area is 157 Å². The lowest BCUT2D eigenvalue weighted by molar-refractivity contribution is 0.477. The Morgan fingerprint density at radius 2 is 2.05 bits per heavy atom. The number of nitrogens with zero attached hydrogens (tertiary/aromatic N) is 3. The second-order valence-electron chi connectivity index (χ2n) is 4.73. The fourth-order valence-corrected chi connectivity index (χ4v) is 2.84. The van der Waals surface area contributed by atoms with Gasteiger partial charge >= 0.3 is 0 Å². The normalized spacial score (nSPS) is 11.0. The van der Waals surface area contributed by atoms with Crippen LogP contribution in [0.4, 0.5) is 0 Å². The summed E-state index contributed by atoms with van der Waals surface area (Å²) in [5, 5.41) is 5.18. The fraction of sp³-hybridized carbons (Fsp3) is 0.333. The second kappa shape index (κ2) is 9.32. The number of halogens is 2. The molecule has 0 aliphatic carbocycles. The first-order valence-electron chi connectivity index (χ1n) is 6.66. The number of benzene rings is 1. The van der Waals surface area contributed by atoms with Crippen LogP contribution in [0, 0.1) is 6.92 Å². The predicted molar refractivity (Wildman–Crippen MR) is 105 cm³/mol. The van der Waals surface area contributed by atoms with Crippen LogP contribution in [0.5, 0.6) is 0 Å². The van der Waals surface area contributed by atoms with E-state index < -0.39 is 0 Å². The SMILES string of the molecule is CN=C(NCc1cnc(C)s1)N(C)Cc1ccc(Cl)cc1.I. The molecule has 0 saturated carbocycles. The van der Waals surface area contributed by atoms with Crippen molar-refractivity contribution in [2.45, 2.75) is 20.0 Å². The molecule has 0 bridgehead atoms. The Morgan fingerprint density at radius 3 is 2.59 bits per heavy atom. The first kappa shape index (κ1) is 19.2. The summed E-state index contributed by atoms with van der Waals surface area (Å²) in [6, 6.07) is 7.86. The summed E-state index contributed by atoms with van der Waals surface area (Å²) in [5.74, 6) is 0.857. The number of nitrogens with one attached hydrogen (secondary N) is 1. The fourth-order valence-electron chi connectivity index (χ4n) is 1.98. The van der Waals surface area contributed by atoms with Gasteiger partial charge in [0.2, 0.25) is 0 Å². The molecular formula is C15H20ClIN4S. The molecular weight excluding hydrogens is 431 g/mol. The van der Waals surface area contributed by atoms with Crippen molar-refractivity contribution in [2.75, 3.05) is 14.1 Å². The lowest BCUT2D eigenvalue weighted by atomic mass is 10.2. The van der Waals surface area contributed by atoms with E-state index in [1.807, 2.05) is 44.4 Å². The number of aliphatic imine (C=N–C) groups is 1. The Morgan fingerprint density at radius 1 is 1.36 bits per heavy atom. The Hall–Kier alpha value is -0.860. The monoisotopic (exact) mass is 450 g/mol. The quantitative estimate of drug-likeness (QED) is 0.436. The first-order chi connectivity index (χ1) is 10.1. The van der Waals surface area contributed by atoms with E-state index in [0.717, 1.165) is 29.1 Å². The summed E-state index contributed by atoms with van der Waals surface area (Å²) in [5.41, 5.74) is 1.19. The molecule has 1 aromatic heterocycles. The van der Waals surface area contributed by atoms with Crippen molar-refractivity contribution in [1.29, 1.82) is 0 Å². The molecule has 0 radical (unpaired) electrons. The standard InChI is InChI=1S/C15H19ClN4S.HI/c1-11-18-8-14(21-11)9-19-15(17-2)20(3)10-12-4-6-13(16)7-5-12;/h4-8H,9-10H2,1-3H3,(H,17,19);1H. The third kappa shape index (κ3) is 5.73. The van der Waals surface area contributed by atoms with Crippen LogP contribution in [0.15, 0.2) is 35.5 Å². The third-order valence-corrected chi connectivity index (χ3v) is 4.16. The maximum atomic E-state index is 5.90. The van der Waals surface area contributed by atoms with Crippen LogP contribution in [-0.2, 0) is 13.1 Å².